The number of hydrogen-bond acceptors (Lipinski definition) is 7. The van der Waals surface area contributed by atoms with Gasteiger partial charge in [-0.2, -0.15) is 0 Å². The molecule has 11 nitrogen and oxygen atoms in total. The lowest BCUT2D eigenvalue weighted by Crippen LogP contribution is -2.60. The molecule has 4 atom stereocenters. The summed E-state index contributed by atoms with van der Waals surface area (Å²) in [7, 11) is 3.05. The van der Waals surface area contributed by atoms with Crippen LogP contribution < -0.4 is 11.1 Å². The number of rotatable bonds is 14. The summed E-state index contributed by atoms with van der Waals surface area (Å²) in [6, 6.07) is 5.46. The normalized spacial score (nSPS) is 16.2. The zero-order valence-electron chi connectivity index (χ0n) is 26.9. The molecule has 11 heteroatoms. The summed E-state index contributed by atoms with van der Waals surface area (Å²) in [5.41, 5.74) is 6.71. The molecule has 240 valence electrons. The van der Waals surface area contributed by atoms with Crippen LogP contribution in [0.4, 0.5) is 0 Å². The Morgan fingerprint density at radius 2 is 1.51 bits per heavy atom. The third kappa shape index (κ3) is 10.6. The Morgan fingerprint density at radius 1 is 0.907 bits per heavy atom. The summed E-state index contributed by atoms with van der Waals surface area (Å²) in [4.78, 5) is 71.3. The molecule has 1 aliphatic heterocycles. The molecule has 1 aliphatic rings. The molecule has 0 radical (unpaired) electrons. The lowest BCUT2D eigenvalue weighted by molar-refractivity contribution is -0.151. The average molecular weight is 602 g/mol. The molecule has 0 aliphatic carbocycles. The highest BCUT2D eigenvalue weighted by atomic mass is 16.5. The van der Waals surface area contributed by atoms with Crippen LogP contribution in [-0.4, -0.2) is 102 Å². The highest BCUT2D eigenvalue weighted by molar-refractivity contribution is 5.96. The minimum absolute atomic E-state index is 0.121. The van der Waals surface area contributed by atoms with Gasteiger partial charge in [0.25, 0.3) is 0 Å². The van der Waals surface area contributed by atoms with E-state index in [9.17, 15) is 24.0 Å². The van der Waals surface area contributed by atoms with Crippen molar-refractivity contribution in [3.8, 4) is 0 Å². The third-order valence-electron chi connectivity index (χ3n) is 7.66. The maximum Gasteiger partial charge on any atom is 0.308 e. The molecule has 1 saturated heterocycles. The van der Waals surface area contributed by atoms with E-state index in [2.05, 4.69) is 5.32 Å². The summed E-state index contributed by atoms with van der Waals surface area (Å²) in [5.74, 6) is -2.54. The molecule has 0 unspecified atom stereocenters. The van der Waals surface area contributed by atoms with E-state index in [0.717, 1.165) is 24.8 Å². The van der Waals surface area contributed by atoms with Gasteiger partial charge in [0.1, 0.15) is 18.1 Å². The van der Waals surface area contributed by atoms with Gasteiger partial charge >= 0.3 is 5.97 Å². The first-order valence-electron chi connectivity index (χ1n) is 15.3. The van der Waals surface area contributed by atoms with Crippen molar-refractivity contribution in [3.05, 3.63) is 35.9 Å². The van der Waals surface area contributed by atoms with Gasteiger partial charge in [-0.3, -0.25) is 24.0 Å². The van der Waals surface area contributed by atoms with Crippen LogP contribution in [0.3, 0.4) is 0 Å². The molecule has 3 N–H and O–H groups in total. The Balaban J connectivity index is 2.33. The molecule has 2 rings (SSSR count). The Labute approximate surface area is 256 Å². The highest BCUT2D eigenvalue weighted by Gasteiger charge is 2.39. The molecule has 0 aromatic heterocycles. The fraction of sp³-hybridized carbons (Fsp3) is 0.656. The molecule has 4 amide bonds. The summed E-state index contributed by atoms with van der Waals surface area (Å²) >= 11 is 0. The molecular weight excluding hydrogens is 550 g/mol. The van der Waals surface area contributed by atoms with Crippen LogP contribution in [0.15, 0.2) is 30.3 Å². The van der Waals surface area contributed by atoms with Gasteiger partial charge in [-0.25, -0.2) is 0 Å². The van der Waals surface area contributed by atoms with Crippen molar-refractivity contribution in [2.24, 2.45) is 17.6 Å². The van der Waals surface area contributed by atoms with Crippen LogP contribution in [0, 0.1) is 11.8 Å². The number of nitrogens with one attached hydrogen (secondary N) is 1. The van der Waals surface area contributed by atoms with Crippen molar-refractivity contribution < 1.29 is 28.7 Å². The number of carbonyl (C=O) groups is 5. The molecule has 1 aromatic carbocycles. The number of likely N-dealkylation sites (N-methyl/N-ethyl adjacent to an activating group) is 2. The van der Waals surface area contributed by atoms with Gasteiger partial charge in [0.15, 0.2) is 0 Å². The molecule has 1 heterocycles. The van der Waals surface area contributed by atoms with Crippen molar-refractivity contribution in [2.45, 2.75) is 90.9 Å². The number of ether oxygens (including phenoxy) is 1. The van der Waals surface area contributed by atoms with E-state index < -0.39 is 47.9 Å². The SMILES string of the molecule is CC(C)COC(=O)C[C@H](NC(=O)[C@H](C(C)C)N(C)C(=O)[C@H](Cc1ccccc1)N(C)C(=O)[C@H](C)N)C(=O)N1CCCCC1. The van der Waals surface area contributed by atoms with Crippen LogP contribution in [0.5, 0.6) is 0 Å². The monoisotopic (exact) mass is 601 g/mol. The van der Waals surface area contributed by atoms with Crippen molar-refractivity contribution in [2.75, 3.05) is 33.8 Å². The maximum atomic E-state index is 14.0. The molecule has 0 bridgehead atoms. The van der Waals surface area contributed by atoms with Crippen LogP contribution in [0.1, 0.15) is 65.9 Å². The molecule has 0 saturated carbocycles. The first-order valence-corrected chi connectivity index (χ1v) is 15.3. The van der Waals surface area contributed by atoms with Crippen molar-refractivity contribution in [1.82, 2.24) is 20.0 Å². The number of benzene rings is 1. The van der Waals surface area contributed by atoms with Crippen LogP contribution in [0.2, 0.25) is 0 Å². The number of esters is 1. The van der Waals surface area contributed by atoms with Gasteiger partial charge in [-0.1, -0.05) is 58.0 Å². The Bertz CT molecular complexity index is 1090. The quantitative estimate of drug-likeness (QED) is 0.311. The fourth-order valence-corrected chi connectivity index (χ4v) is 5.28. The van der Waals surface area contributed by atoms with E-state index in [1.807, 2.05) is 44.2 Å². The fourth-order valence-electron chi connectivity index (χ4n) is 5.28. The van der Waals surface area contributed by atoms with E-state index in [-0.39, 0.29) is 37.2 Å². The topological polar surface area (TPSA) is 142 Å². The number of nitrogens with two attached hydrogens (primary N) is 1. The number of carbonyl (C=O) groups excluding carboxylic acids is 5. The zero-order chi connectivity index (χ0) is 32.3. The van der Waals surface area contributed by atoms with Gasteiger partial charge in [-0.15, -0.1) is 0 Å². The summed E-state index contributed by atoms with van der Waals surface area (Å²) in [6.45, 7) is 10.3. The van der Waals surface area contributed by atoms with Crippen LogP contribution in [0.25, 0.3) is 0 Å². The molecular formula is C32H51N5O6. The van der Waals surface area contributed by atoms with Gasteiger partial charge in [0, 0.05) is 33.6 Å². The standard InChI is InChI=1S/C32H51N5O6/c1-21(2)20-43-27(38)19-25(31(41)37-16-12-9-13-17-37)34-29(39)28(22(3)4)36(7)32(42)26(35(6)30(40)23(5)33)18-24-14-10-8-11-15-24/h8,10-11,14-15,21-23,25-26,28H,9,12-13,16-20,33H2,1-7H3,(H,34,39)/t23-,25-,26-,28-/m0/s1. The lowest BCUT2D eigenvalue weighted by Gasteiger charge is -2.37. The Morgan fingerprint density at radius 3 is 2.05 bits per heavy atom. The number of likely N-dealkylation sites (tertiary alicyclic amines) is 1. The zero-order valence-corrected chi connectivity index (χ0v) is 26.9. The second-order valence-electron chi connectivity index (χ2n) is 12.3. The smallest absolute Gasteiger partial charge is 0.308 e. The van der Waals surface area contributed by atoms with Gasteiger partial charge < -0.3 is 30.5 Å². The summed E-state index contributed by atoms with van der Waals surface area (Å²) in [6.07, 6.45) is 2.64. The van der Waals surface area contributed by atoms with E-state index in [1.54, 1.807) is 25.7 Å². The summed E-state index contributed by atoms with van der Waals surface area (Å²) < 4.78 is 5.33. The van der Waals surface area contributed by atoms with Crippen molar-refractivity contribution in [3.63, 3.8) is 0 Å². The van der Waals surface area contributed by atoms with Gasteiger partial charge in [0.05, 0.1) is 19.1 Å². The van der Waals surface area contributed by atoms with Gasteiger partial charge in [0.2, 0.25) is 23.6 Å². The second kappa shape index (κ2) is 17.0. The molecule has 1 aromatic rings. The van der Waals surface area contributed by atoms with E-state index in [1.165, 1.54) is 23.9 Å². The van der Waals surface area contributed by atoms with E-state index >= 15 is 0 Å². The number of amides is 4. The van der Waals surface area contributed by atoms with Crippen molar-refractivity contribution in [1.29, 1.82) is 0 Å². The number of hydrogen-bond donors (Lipinski definition) is 2. The molecule has 43 heavy (non-hydrogen) atoms. The molecule has 1 fully saturated rings. The minimum Gasteiger partial charge on any atom is -0.465 e. The molecule has 0 spiro atoms. The lowest BCUT2D eigenvalue weighted by atomic mass is 9.97. The average Bonchev–Trinajstić information content (AvgIpc) is 2.97. The number of nitrogens with zero attached hydrogens (tertiary/aromatic N) is 3. The number of piperidine rings is 1. The van der Waals surface area contributed by atoms with Gasteiger partial charge in [-0.05, 0) is 43.6 Å². The minimum atomic E-state index is -1.13. The Kier molecular flexibility index (Phi) is 14.1. The predicted molar refractivity (Wildman–Crippen MR) is 165 cm³/mol. The van der Waals surface area contributed by atoms with E-state index in [4.69, 9.17) is 10.5 Å². The maximum absolute atomic E-state index is 14.0. The third-order valence-corrected chi connectivity index (χ3v) is 7.66. The largest absolute Gasteiger partial charge is 0.465 e. The highest BCUT2D eigenvalue weighted by Crippen LogP contribution is 2.18. The summed E-state index contributed by atoms with van der Waals surface area (Å²) in [5, 5.41) is 2.78. The predicted octanol–water partition coefficient (Wildman–Crippen LogP) is 1.97. The first-order chi connectivity index (χ1) is 20.2. The van der Waals surface area contributed by atoms with E-state index in [0.29, 0.717) is 13.1 Å². The Hall–Kier alpha value is -3.47. The van der Waals surface area contributed by atoms with Crippen molar-refractivity contribution >= 4 is 29.6 Å². The van der Waals surface area contributed by atoms with Crippen LogP contribution in [-0.2, 0) is 35.1 Å². The first kappa shape index (κ1) is 35.7. The second-order valence-corrected chi connectivity index (χ2v) is 12.3. The van der Waals surface area contributed by atoms with Crippen LogP contribution >= 0.6 is 0 Å².